The van der Waals surface area contributed by atoms with Crippen molar-refractivity contribution in [2.24, 2.45) is 5.73 Å². The van der Waals surface area contributed by atoms with Crippen molar-refractivity contribution in [3.8, 4) is 0 Å². The molecular weight excluding hydrogens is 368 g/mol. The van der Waals surface area contributed by atoms with E-state index in [4.69, 9.17) is 21.1 Å². The minimum Gasteiger partial charge on any atom is -0.481 e. The minimum atomic E-state index is -1.53. The average Bonchev–Trinajstić information content (AvgIpc) is 2.60. The number of hydrogen-bond acceptors (Lipinski definition) is 8. The Kier molecular flexibility index (Phi) is 10.6. The Balaban J connectivity index is 4.81. The fraction of sp³-hybridized carbons (Fsp3) is 0.643. The van der Waals surface area contributed by atoms with Crippen molar-refractivity contribution in [3.05, 3.63) is 0 Å². The van der Waals surface area contributed by atoms with Gasteiger partial charge in [0.1, 0.15) is 24.2 Å². The van der Waals surface area contributed by atoms with Crippen molar-refractivity contribution in [1.29, 1.82) is 0 Å². The third-order valence-electron chi connectivity index (χ3n) is 3.36. The summed E-state index contributed by atoms with van der Waals surface area (Å²) in [4.78, 5) is 57.1. The van der Waals surface area contributed by atoms with Crippen molar-refractivity contribution in [2.45, 2.75) is 43.9 Å². The van der Waals surface area contributed by atoms with Crippen molar-refractivity contribution in [3.63, 3.8) is 0 Å². The van der Waals surface area contributed by atoms with Crippen LogP contribution in [0.5, 0.6) is 0 Å². The number of nitrogens with one attached hydrogen (secondary N) is 3. The summed E-state index contributed by atoms with van der Waals surface area (Å²) in [7, 11) is 0. The number of aliphatic hydroxyl groups excluding tert-OH is 2. The molecule has 154 valence electrons. The number of nitrogens with two attached hydrogens (primary N) is 1. The molecular formula is C14H24N4O9. The lowest BCUT2D eigenvalue weighted by Crippen LogP contribution is -2.57. The zero-order chi connectivity index (χ0) is 21.1. The normalized spacial score (nSPS) is 15.0. The van der Waals surface area contributed by atoms with Crippen LogP contribution < -0.4 is 21.7 Å². The third-order valence-corrected chi connectivity index (χ3v) is 3.36. The Morgan fingerprint density at radius 1 is 0.852 bits per heavy atom. The van der Waals surface area contributed by atoms with Gasteiger partial charge in [-0.1, -0.05) is 0 Å². The summed E-state index contributed by atoms with van der Waals surface area (Å²) < 4.78 is 0. The second kappa shape index (κ2) is 11.8. The van der Waals surface area contributed by atoms with Gasteiger partial charge in [0.15, 0.2) is 0 Å². The van der Waals surface area contributed by atoms with Gasteiger partial charge in [-0.3, -0.25) is 19.2 Å². The van der Waals surface area contributed by atoms with Crippen molar-refractivity contribution in [2.75, 3.05) is 13.2 Å². The van der Waals surface area contributed by atoms with Gasteiger partial charge in [-0.25, -0.2) is 4.79 Å². The van der Waals surface area contributed by atoms with Crippen LogP contribution in [0.2, 0.25) is 0 Å². The van der Waals surface area contributed by atoms with E-state index >= 15 is 0 Å². The Hall–Kier alpha value is -2.77. The monoisotopic (exact) mass is 392 g/mol. The molecule has 13 nitrogen and oxygen atoms in total. The smallest absolute Gasteiger partial charge is 0.326 e. The van der Waals surface area contributed by atoms with E-state index in [0.29, 0.717) is 0 Å². The lowest BCUT2D eigenvalue weighted by molar-refractivity contribution is -0.143. The first-order valence-electron chi connectivity index (χ1n) is 7.86. The zero-order valence-corrected chi connectivity index (χ0v) is 14.5. The van der Waals surface area contributed by atoms with Gasteiger partial charge in [0.05, 0.1) is 13.2 Å². The molecule has 0 heterocycles. The second-order valence-corrected chi connectivity index (χ2v) is 5.59. The van der Waals surface area contributed by atoms with E-state index in [2.05, 4.69) is 10.6 Å². The predicted molar refractivity (Wildman–Crippen MR) is 88.1 cm³/mol. The maximum absolute atomic E-state index is 12.0. The van der Waals surface area contributed by atoms with Crippen LogP contribution >= 0.6 is 0 Å². The van der Waals surface area contributed by atoms with Crippen LogP contribution in [0, 0.1) is 0 Å². The molecule has 0 spiro atoms. The van der Waals surface area contributed by atoms with E-state index in [1.54, 1.807) is 0 Å². The van der Waals surface area contributed by atoms with Gasteiger partial charge in [-0.05, 0) is 13.3 Å². The molecule has 0 aliphatic carbocycles. The molecule has 0 aromatic carbocycles. The topological polar surface area (TPSA) is 228 Å². The molecule has 0 fully saturated rings. The molecule has 0 aromatic heterocycles. The molecule has 0 bridgehead atoms. The Labute approximate surface area is 153 Å². The predicted octanol–water partition coefficient (Wildman–Crippen LogP) is -4.28. The van der Waals surface area contributed by atoms with E-state index < -0.39 is 79.9 Å². The highest BCUT2D eigenvalue weighted by Gasteiger charge is 2.28. The zero-order valence-electron chi connectivity index (χ0n) is 14.5. The molecule has 4 atom stereocenters. The number of carboxylic acid groups (broad SMARTS) is 2. The molecule has 4 unspecified atom stereocenters. The number of hydrogen-bond donors (Lipinski definition) is 8. The number of carbonyl (C=O) groups is 5. The SMILES string of the molecule is CC(NC(=O)C(N)CO)C(=O)NC(CO)C(=O)NC(CCC(=O)O)C(=O)O. The molecule has 27 heavy (non-hydrogen) atoms. The third kappa shape index (κ3) is 8.94. The summed E-state index contributed by atoms with van der Waals surface area (Å²) in [5.74, 6) is -5.47. The first kappa shape index (κ1) is 24.2. The number of rotatable bonds is 12. The Bertz CT molecular complexity index is 569. The summed E-state index contributed by atoms with van der Waals surface area (Å²) in [6.07, 6.45) is -0.907. The highest BCUT2D eigenvalue weighted by molar-refractivity contribution is 5.94. The van der Waals surface area contributed by atoms with Crippen molar-refractivity contribution >= 4 is 29.7 Å². The van der Waals surface area contributed by atoms with Crippen molar-refractivity contribution in [1.82, 2.24) is 16.0 Å². The molecule has 0 radical (unpaired) electrons. The van der Waals surface area contributed by atoms with Gasteiger partial charge in [-0.2, -0.15) is 0 Å². The van der Waals surface area contributed by atoms with Gasteiger partial charge in [0.2, 0.25) is 17.7 Å². The van der Waals surface area contributed by atoms with Crippen molar-refractivity contribution < 1.29 is 44.4 Å². The number of aliphatic hydroxyl groups is 2. The lowest BCUT2D eigenvalue weighted by Gasteiger charge is -2.22. The van der Waals surface area contributed by atoms with Crippen LogP contribution in [-0.4, -0.2) is 87.5 Å². The molecule has 0 saturated heterocycles. The van der Waals surface area contributed by atoms with Crippen LogP contribution in [-0.2, 0) is 24.0 Å². The van der Waals surface area contributed by atoms with Crippen LogP contribution in [0.25, 0.3) is 0 Å². The van der Waals surface area contributed by atoms with Gasteiger partial charge >= 0.3 is 11.9 Å². The van der Waals surface area contributed by atoms with Gasteiger partial charge in [0.25, 0.3) is 0 Å². The highest BCUT2D eigenvalue weighted by atomic mass is 16.4. The Morgan fingerprint density at radius 2 is 1.41 bits per heavy atom. The van der Waals surface area contributed by atoms with Crippen LogP contribution in [0.1, 0.15) is 19.8 Å². The average molecular weight is 392 g/mol. The maximum atomic E-state index is 12.0. The highest BCUT2D eigenvalue weighted by Crippen LogP contribution is 1.99. The quantitative estimate of drug-likeness (QED) is 0.159. The van der Waals surface area contributed by atoms with E-state index in [1.807, 2.05) is 5.32 Å². The molecule has 3 amide bonds. The minimum absolute atomic E-state index is 0.395. The van der Waals surface area contributed by atoms with Gasteiger partial charge in [-0.15, -0.1) is 0 Å². The van der Waals surface area contributed by atoms with E-state index in [0.717, 1.165) is 0 Å². The molecule has 9 N–H and O–H groups in total. The summed E-state index contributed by atoms with van der Waals surface area (Å²) >= 11 is 0. The van der Waals surface area contributed by atoms with E-state index in [9.17, 15) is 29.1 Å². The molecule has 0 saturated carbocycles. The molecule has 0 rings (SSSR count). The summed E-state index contributed by atoms with van der Waals surface area (Å²) in [5, 5.41) is 41.9. The maximum Gasteiger partial charge on any atom is 0.326 e. The van der Waals surface area contributed by atoms with E-state index in [-0.39, 0.29) is 0 Å². The summed E-state index contributed by atoms with van der Waals surface area (Å²) in [6, 6.07) is -5.48. The van der Waals surface area contributed by atoms with Gasteiger partial charge < -0.3 is 42.1 Å². The first-order valence-corrected chi connectivity index (χ1v) is 7.86. The summed E-state index contributed by atoms with van der Waals surface area (Å²) in [5.41, 5.74) is 5.28. The number of carboxylic acids is 2. The van der Waals surface area contributed by atoms with Gasteiger partial charge in [0, 0.05) is 6.42 Å². The molecule has 0 aliphatic rings. The number of amides is 3. The second-order valence-electron chi connectivity index (χ2n) is 5.59. The van der Waals surface area contributed by atoms with Crippen LogP contribution in [0.15, 0.2) is 0 Å². The Morgan fingerprint density at radius 3 is 1.85 bits per heavy atom. The largest absolute Gasteiger partial charge is 0.481 e. The summed E-state index contributed by atoms with van der Waals surface area (Å²) in [6.45, 7) is -0.259. The fourth-order valence-corrected chi connectivity index (χ4v) is 1.76. The molecule has 0 aliphatic heterocycles. The lowest BCUT2D eigenvalue weighted by atomic mass is 10.1. The van der Waals surface area contributed by atoms with Crippen LogP contribution in [0.3, 0.4) is 0 Å². The number of carbonyl (C=O) groups excluding carboxylic acids is 3. The fourth-order valence-electron chi connectivity index (χ4n) is 1.76. The van der Waals surface area contributed by atoms with E-state index in [1.165, 1.54) is 6.92 Å². The molecule has 13 heteroatoms. The first-order chi connectivity index (χ1) is 12.5. The van der Waals surface area contributed by atoms with Crippen LogP contribution in [0.4, 0.5) is 0 Å². The molecule has 0 aromatic rings. The number of aliphatic carboxylic acids is 2. The standard InChI is InChI=1S/C14H24N4O9/c1-6(16-12(24)7(15)4-19)11(23)18-9(5-20)13(25)17-8(14(26)27)2-3-10(21)22/h6-9,19-20H,2-5,15H2,1H3,(H,16,24)(H,17,25)(H,18,23)(H,21,22)(H,26,27).